The van der Waals surface area contributed by atoms with Crippen molar-refractivity contribution in [2.75, 3.05) is 31.1 Å². The molecule has 2 amide bonds. The average Bonchev–Trinajstić information content (AvgIpc) is 3.14. The Balaban J connectivity index is 1.47. The van der Waals surface area contributed by atoms with Crippen LogP contribution in [0.15, 0.2) is 48.5 Å². The summed E-state index contributed by atoms with van der Waals surface area (Å²) >= 11 is 0. The lowest BCUT2D eigenvalue weighted by molar-refractivity contribution is -0.117. The second-order valence-corrected chi connectivity index (χ2v) is 6.83. The van der Waals surface area contributed by atoms with Crippen molar-refractivity contribution in [3.8, 4) is 0 Å². The number of ether oxygens (including phenoxy) is 1. The molecule has 2 aliphatic heterocycles. The molecule has 0 aromatic heterocycles. The Morgan fingerprint density at radius 3 is 2.56 bits per heavy atom. The van der Waals surface area contributed by atoms with Crippen molar-refractivity contribution >= 4 is 17.5 Å². The van der Waals surface area contributed by atoms with Gasteiger partial charge in [-0.05, 0) is 36.8 Å². The van der Waals surface area contributed by atoms with Crippen LogP contribution < -0.4 is 4.90 Å². The van der Waals surface area contributed by atoms with Crippen molar-refractivity contribution in [2.45, 2.75) is 18.9 Å². The van der Waals surface area contributed by atoms with Gasteiger partial charge in [-0.3, -0.25) is 9.59 Å². The van der Waals surface area contributed by atoms with Gasteiger partial charge in [0.2, 0.25) is 5.91 Å². The van der Waals surface area contributed by atoms with Crippen LogP contribution in [0.3, 0.4) is 0 Å². The molecule has 4 rings (SSSR count). The fraction of sp³-hybridized carbons (Fsp3) is 0.333. The standard InChI is InChI=1S/C21H21FN2O3/c22-18-5-2-1-4-17(18)19-14-23(12-13-27-19)21(26)15-7-9-16(10-8-15)24-11-3-6-20(24)25/h1-2,4-5,7-10,19H,3,6,11-14H2. The van der Waals surface area contributed by atoms with Gasteiger partial charge in [0.1, 0.15) is 11.9 Å². The summed E-state index contributed by atoms with van der Waals surface area (Å²) in [5.41, 5.74) is 1.85. The van der Waals surface area contributed by atoms with Crippen LogP contribution in [0.25, 0.3) is 0 Å². The first kappa shape index (κ1) is 17.7. The van der Waals surface area contributed by atoms with Crippen molar-refractivity contribution in [3.05, 3.63) is 65.5 Å². The molecule has 2 aromatic rings. The number of carbonyl (C=O) groups is 2. The molecule has 1 atom stereocenters. The van der Waals surface area contributed by atoms with Crippen LogP contribution in [0.2, 0.25) is 0 Å². The molecule has 2 aliphatic rings. The first-order valence-electron chi connectivity index (χ1n) is 9.19. The lowest BCUT2D eigenvalue weighted by Crippen LogP contribution is -2.42. The molecule has 0 N–H and O–H groups in total. The molecule has 6 heteroatoms. The number of halogens is 1. The summed E-state index contributed by atoms with van der Waals surface area (Å²) < 4.78 is 19.7. The van der Waals surface area contributed by atoms with Crippen molar-refractivity contribution in [1.82, 2.24) is 4.90 Å². The van der Waals surface area contributed by atoms with Crippen LogP contribution in [0, 0.1) is 5.82 Å². The summed E-state index contributed by atoms with van der Waals surface area (Å²) in [4.78, 5) is 28.1. The van der Waals surface area contributed by atoms with E-state index < -0.39 is 6.10 Å². The van der Waals surface area contributed by atoms with E-state index in [1.54, 1.807) is 40.1 Å². The lowest BCUT2D eigenvalue weighted by atomic mass is 10.1. The highest BCUT2D eigenvalue weighted by atomic mass is 19.1. The van der Waals surface area contributed by atoms with Gasteiger partial charge in [-0.1, -0.05) is 18.2 Å². The number of benzene rings is 2. The number of hydrogen-bond acceptors (Lipinski definition) is 3. The summed E-state index contributed by atoms with van der Waals surface area (Å²) in [5.74, 6) is -0.314. The maximum absolute atomic E-state index is 14.0. The average molecular weight is 368 g/mol. The van der Waals surface area contributed by atoms with Gasteiger partial charge in [0.25, 0.3) is 5.91 Å². The smallest absolute Gasteiger partial charge is 0.254 e. The Bertz CT molecular complexity index is 853. The number of nitrogens with zero attached hydrogens (tertiary/aromatic N) is 2. The fourth-order valence-electron chi connectivity index (χ4n) is 3.65. The molecule has 2 saturated heterocycles. The molecule has 0 aliphatic carbocycles. The van der Waals surface area contributed by atoms with Gasteiger partial charge in [-0.15, -0.1) is 0 Å². The minimum atomic E-state index is -0.467. The van der Waals surface area contributed by atoms with E-state index in [4.69, 9.17) is 4.74 Å². The van der Waals surface area contributed by atoms with Gasteiger partial charge in [-0.25, -0.2) is 4.39 Å². The van der Waals surface area contributed by atoms with Gasteiger partial charge in [0, 0.05) is 36.3 Å². The zero-order valence-corrected chi connectivity index (χ0v) is 14.9. The quantitative estimate of drug-likeness (QED) is 0.836. The number of amides is 2. The second-order valence-electron chi connectivity index (χ2n) is 6.83. The van der Waals surface area contributed by atoms with E-state index in [-0.39, 0.29) is 17.6 Å². The third kappa shape index (κ3) is 3.57. The van der Waals surface area contributed by atoms with E-state index in [1.165, 1.54) is 6.07 Å². The third-order valence-electron chi connectivity index (χ3n) is 5.11. The van der Waals surface area contributed by atoms with Gasteiger partial charge >= 0.3 is 0 Å². The SMILES string of the molecule is O=C(c1ccc(N2CCCC2=O)cc1)N1CCOC(c2ccccc2F)C1. The van der Waals surface area contributed by atoms with Gasteiger partial charge in [0.05, 0.1) is 13.2 Å². The molecule has 0 saturated carbocycles. The van der Waals surface area contributed by atoms with E-state index in [2.05, 4.69) is 0 Å². The highest BCUT2D eigenvalue weighted by Gasteiger charge is 2.28. The highest BCUT2D eigenvalue weighted by Crippen LogP contribution is 2.26. The Morgan fingerprint density at radius 2 is 1.85 bits per heavy atom. The summed E-state index contributed by atoms with van der Waals surface area (Å²) in [6.07, 6.45) is 0.974. The van der Waals surface area contributed by atoms with Crippen LogP contribution in [0.4, 0.5) is 10.1 Å². The lowest BCUT2D eigenvalue weighted by Gasteiger charge is -2.33. The highest BCUT2D eigenvalue weighted by molar-refractivity contribution is 5.97. The molecule has 2 aromatic carbocycles. The number of hydrogen-bond donors (Lipinski definition) is 0. The van der Waals surface area contributed by atoms with Crippen molar-refractivity contribution in [1.29, 1.82) is 0 Å². The summed E-state index contributed by atoms with van der Waals surface area (Å²) in [6.45, 7) is 1.87. The Hall–Kier alpha value is -2.73. The Morgan fingerprint density at radius 1 is 1.07 bits per heavy atom. The first-order valence-corrected chi connectivity index (χ1v) is 9.19. The zero-order valence-electron chi connectivity index (χ0n) is 14.9. The van der Waals surface area contributed by atoms with Crippen molar-refractivity contribution in [3.63, 3.8) is 0 Å². The van der Waals surface area contributed by atoms with E-state index in [9.17, 15) is 14.0 Å². The molecular weight excluding hydrogens is 347 g/mol. The van der Waals surface area contributed by atoms with E-state index in [1.807, 2.05) is 12.1 Å². The van der Waals surface area contributed by atoms with E-state index >= 15 is 0 Å². The summed E-state index contributed by atoms with van der Waals surface area (Å²) in [6, 6.07) is 13.6. The predicted octanol–water partition coefficient (Wildman–Crippen LogP) is 3.17. The molecule has 27 heavy (non-hydrogen) atoms. The molecular formula is C21H21FN2O3. The minimum absolute atomic E-state index is 0.112. The monoisotopic (exact) mass is 368 g/mol. The zero-order chi connectivity index (χ0) is 18.8. The van der Waals surface area contributed by atoms with Gasteiger partial charge < -0.3 is 14.5 Å². The van der Waals surface area contributed by atoms with Gasteiger partial charge in [0.15, 0.2) is 0 Å². The molecule has 1 unspecified atom stereocenters. The molecule has 0 spiro atoms. The van der Waals surface area contributed by atoms with Crippen molar-refractivity contribution < 1.29 is 18.7 Å². The second kappa shape index (κ2) is 7.48. The number of morpholine rings is 1. The summed E-state index contributed by atoms with van der Waals surface area (Å²) in [5, 5.41) is 0. The topological polar surface area (TPSA) is 49.9 Å². The molecule has 0 radical (unpaired) electrons. The molecule has 2 heterocycles. The largest absolute Gasteiger partial charge is 0.370 e. The van der Waals surface area contributed by atoms with Crippen LogP contribution in [-0.2, 0) is 9.53 Å². The third-order valence-corrected chi connectivity index (χ3v) is 5.11. The number of carbonyl (C=O) groups excluding carboxylic acids is 2. The number of rotatable bonds is 3. The van der Waals surface area contributed by atoms with E-state index in [0.29, 0.717) is 37.2 Å². The molecule has 2 fully saturated rings. The normalized spacial score (nSPS) is 20.2. The van der Waals surface area contributed by atoms with Crippen LogP contribution in [-0.4, -0.2) is 43.0 Å². The van der Waals surface area contributed by atoms with Crippen LogP contribution in [0.1, 0.15) is 34.9 Å². The maximum Gasteiger partial charge on any atom is 0.254 e. The maximum atomic E-state index is 14.0. The predicted molar refractivity (Wildman–Crippen MR) is 99.0 cm³/mol. The first-order chi connectivity index (χ1) is 13.1. The number of anilines is 1. The minimum Gasteiger partial charge on any atom is -0.370 e. The summed E-state index contributed by atoms with van der Waals surface area (Å²) in [7, 11) is 0. The molecule has 0 bridgehead atoms. The Kier molecular flexibility index (Phi) is 4.90. The van der Waals surface area contributed by atoms with E-state index in [0.717, 1.165) is 18.7 Å². The molecule has 140 valence electrons. The van der Waals surface area contributed by atoms with Gasteiger partial charge in [-0.2, -0.15) is 0 Å². The Labute approximate surface area is 157 Å². The fourth-order valence-corrected chi connectivity index (χ4v) is 3.65. The molecule has 5 nitrogen and oxygen atoms in total. The van der Waals surface area contributed by atoms with Crippen molar-refractivity contribution in [2.24, 2.45) is 0 Å². The van der Waals surface area contributed by atoms with Crippen LogP contribution >= 0.6 is 0 Å². The van der Waals surface area contributed by atoms with Crippen LogP contribution in [0.5, 0.6) is 0 Å².